The van der Waals surface area contributed by atoms with Gasteiger partial charge in [0.25, 0.3) is 0 Å². The fraction of sp³-hybridized carbons (Fsp3) is 0.533. The Hall–Kier alpha value is -3.68. The maximum absolute atomic E-state index is 13.3. The fourth-order valence-corrected chi connectivity index (χ4v) is 5.15. The molecule has 0 bridgehead atoms. The van der Waals surface area contributed by atoms with Gasteiger partial charge in [-0.15, -0.1) is 0 Å². The number of amides is 1. The first-order valence-corrected chi connectivity index (χ1v) is 13.9. The highest BCUT2D eigenvalue weighted by molar-refractivity contribution is 5.85. The van der Waals surface area contributed by atoms with Gasteiger partial charge in [0.05, 0.1) is 35.0 Å². The molecule has 4 rings (SSSR count). The van der Waals surface area contributed by atoms with Gasteiger partial charge in [-0.25, -0.2) is 9.50 Å². The van der Waals surface area contributed by atoms with Gasteiger partial charge in [-0.2, -0.15) is 10.4 Å². The number of rotatable bonds is 10. The monoisotopic (exact) mass is 547 g/mol. The fourth-order valence-electron chi connectivity index (χ4n) is 5.15. The number of nitriles is 1. The summed E-state index contributed by atoms with van der Waals surface area (Å²) in [5, 5.41) is 24.1. The number of fused-ring (bicyclic) bond motifs is 1. The molecule has 0 aliphatic carbocycles. The second-order valence-electron chi connectivity index (χ2n) is 12.0. The number of pyridine rings is 2. The zero-order chi connectivity index (χ0) is 29.0. The van der Waals surface area contributed by atoms with Crippen LogP contribution in [0.5, 0.6) is 5.75 Å². The van der Waals surface area contributed by atoms with Crippen LogP contribution in [0.4, 0.5) is 5.82 Å². The van der Waals surface area contributed by atoms with E-state index in [1.54, 1.807) is 30.8 Å². The first-order chi connectivity index (χ1) is 18.9. The predicted octanol–water partition coefficient (Wildman–Crippen LogP) is 3.29. The van der Waals surface area contributed by atoms with E-state index in [-0.39, 0.29) is 18.4 Å². The maximum Gasteiger partial charge on any atom is 0.227 e. The van der Waals surface area contributed by atoms with Crippen molar-refractivity contribution in [3.8, 4) is 22.9 Å². The number of piperazine rings is 1. The van der Waals surface area contributed by atoms with Gasteiger partial charge in [-0.3, -0.25) is 4.79 Å². The van der Waals surface area contributed by atoms with Gasteiger partial charge in [0.15, 0.2) is 0 Å². The maximum atomic E-state index is 13.3. The molecule has 3 aromatic heterocycles. The number of aliphatic hydroxyl groups is 1. The van der Waals surface area contributed by atoms with Gasteiger partial charge < -0.3 is 24.5 Å². The molecule has 10 heteroatoms. The normalized spacial score (nSPS) is 15.1. The van der Waals surface area contributed by atoms with Crippen LogP contribution in [0.1, 0.15) is 39.7 Å². The molecule has 0 radical (unpaired) electrons. The molecule has 40 heavy (non-hydrogen) atoms. The summed E-state index contributed by atoms with van der Waals surface area (Å²) >= 11 is 0. The van der Waals surface area contributed by atoms with Crippen molar-refractivity contribution in [3.63, 3.8) is 0 Å². The number of carbonyl (C=O) groups is 1. The Bertz CT molecular complexity index is 1330. The Labute approximate surface area is 236 Å². The summed E-state index contributed by atoms with van der Waals surface area (Å²) in [6, 6.07) is 8.03. The third kappa shape index (κ3) is 7.09. The molecule has 1 saturated heterocycles. The molecule has 1 aliphatic heterocycles. The quantitative estimate of drug-likeness (QED) is 0.412. The average molecular weight is 548 g/mol. The number of carbonyl (C=O) groups excluding carboxylic acids is 1. The summed E-state index contributed by atoms with van der Waals surface area (Å²) in [7, 11) is 4.04. The lowest BCUT2D eigenvalue weighted by atomic mass is 9.95. The van der Waals surface area contributed by atoms with E-state index in [0.29, 0.717) is 35.8 Å². The van der Waals surface area contributed by atoms with E-state index in [1.165, 1.54) is 6.20 Å². The molecule has 1 fully saturated rings. The van der Waals surface area contributed by atoms with Crippen LogP contribution >= 0.6 is 0 Å². The van der Waals surface area contributed by atoms with E-state index in [9.17, 15) is 15.2 Å². The molecule has 10 nitrogen and oxygen atoms in total. The van der Waals surface area contributed by atoms with Crippen molar-refractivity contribution in [1.29, 1.82) is 5.26 Å². The molecule has 3 aromatic rings. The lowest BCUT2D eigenvalue weighted by Gasteiger charge is -2.37. The molecule has 0 aromatic carbocycles. The molecule has 1 aliphatic rings. The standard InChI is InChI=1S/C30H41N7O3/c1-21(2)13-23(18-34(5)6)29(38)36-11-9-35(10-12-36)27-8-7-22(16-32-27)26-14-25(40-20-30(3,4)39)19-37-28(26)24(15-31)17-33-37/h7-8,14,16-17,19,21,23,39H,9-13,18,20H2,1-6H3. The zero-order valence-electron chi connectivity index (χ0n) is 24.5. The highest BCUT2D eigenvalue weighted by Gasteiger charge is 2.29. The van der Waals surface area contributed by atoms with Crippen LogP contribution in [0.15, 0.2) is 36.8 Å². The largest absolute Gasteiger partial charge is 0.489 e. The number of hydrogen-bond acceptors (Lipinski definition) is 8. The average Bonchev–Trinajstić information content (AvgIpc) is 3.33. The van der Waals surface area contributed by atoms with Crippen molar-refractivity contribution in [3.05, 3.63) is 42.4 Å². The Morgan fingerprint density at radius 1 is 1.20 bits per heavy atom. The molecule has 1 N–H and O–H groups in total. The molecule has 0 spiro atoms. The van der Waals surface area contributed by atoms with Gasteiger partial charge >= 0.3 is 0 Å². The number of nitrogens with zero attached hydrogens (tertiary/aromatic N) is 7. The second-order valence-corrected chi connectivity index (χ2v) is 12.0. The molecule has 1 amide bonds. The Morgan fingerprint density at radius 2 is 1.93 bits per heavy atom. The van der Waals surface area contributed by atoms with Gasteiger partial charge in [-0.05, 0) is 58.5 Å². The van der Waals surface area contributed by atoms with Crippen LogP contribution in [0.3, 0.4) is 0 Å². The lowest BCUT2D eigenvalue weighted by Crippen LogP contribution is -2.51. The summed E-state index contributed by atoms with van der Waals surface area (Å²) in [4.78, 5) is 24.3. The summed E-state index contributed by atoms with van der Waals surface area (Å²) in [5.74, 6) is 2.12. The van der Waals surface area contributed by atoms with E-state index in [4.69, 9.17) is 9.72 Å². The molecule has 0 saturated carbocycles. The Kier molecular flexibility index (Phi) is 8.96. The number of hydrogen-bond donors (Lipinski definition) is 1. The molecular formula is C30H41N7O3. The van der Waals surface area contributed by atoms with Gasteiger partial charge in [0, 0.05) is 50.0 Å². The first-order valence-electron chi connectivity index (χ1n) is 13.9. The van der Waals surface area contributed by atoms with Crippen molar-refractivity contribution in [1.82, 2.24) is 24.4 Å². The number of aromatic nitrogens is 3. The first kappa shape index (κ1) is 29.3. The SMILES string of the molecule is CC(C)CC(CN(C)C)C(=O)N1CCN(c2ccc(-c3cc(OCC(C)(C)O)cn4ncc(C#N)c34)cn2)CC1. The van der Waals surface area contributed by atoms with Gasteiger partial charge in [-0.1, -0.05) is 13.8 Å². The van der Waals surface area contributed by atoms with Crippen molar-refractivity contribution >= 4 is 17.2 Å². The zero-order valence-corrected chi connectivity index (χ0v) is 24.5. The molecule has 1 atom stereocenters. The van der Waals surface area contributed by atoms with Crippen LogP contribution in [0.2, 0.25) is 0 Å². The summed E-state index contributed by atoms with van der Waals surface area (Å²) in [6.07, 6.45) is 5.93. The van der Waals surface area contributed by atoms with Crippen LogP contribution in [-0.2, 0) is 4.79 Å². The van der Waals surface area contributed by atoms with Crippen molar-refractivity contribution in [2.24, 2.45) is 11.8 Å². The van der Waals surface area contributed by atoms with Gasteiger partial charge in [0.1, 0.15) is 24.2 Å². The minimum Gasteiger partial charge on any atom is -0.489 e. The molecular weight excluding hydrogens is 506 g/mol. The van der Waals surface area contributed by atoms with E-state index < -0.39 is 5.60 Å². The van der Waals surface area contributed by atoms with E-state index in [0.717, 1.165) is 43.0 Å². The third-order valence-electron chi connectivity index (χ3n) is 6.96. The Morgan fingerprint density at radius 3 is 2.50 bits per heavy atom. The minimum atomic E-state index is -0.990. The number of anilines is 1. The summed E-state index contributed by atoms with van der Waals surface area (Å²) in [6.45, 7) is 11.4. The van der Waals surface area contributed by atoms with Crippen molar-refractivity contribution < 1.29 is 14.6 Å². The van der Waals surface area contributed by atoms with Crippen LogP contribution in [0.25, 0.3) is 16.6 Å². The minimum absolute atomic E-state index is 0.0147. The van der Waals surface area contributed by atoms with E-state index >= 15 is 0 Å². The van der Waals surface area contributed by atoms with Crippen molar-refractivity contribution in [2.45, 2.75) is 39.7 Å². The van der Waals surface area contributed by atoms with Crippen LogP contribution < -0.4 is 9.64 Å². The summed E-state index contributed by atoms with van der Waals surface area (Å²) < 4.78 is 7.46. The highest BCUT2D eigenvalue weighted by atomic mass is 16.5. The molecule has 214 valence electrons. The number of ether oxygens (including phenoxy) is 1. The summed E-state index contributed by atoms with van der Waals surface area (Å²) in [5.41, 5.74) is 1.74. The molecule has 4 heterocycles. The van der Waals surface area contributed by atoms with E-state index in [2.05, 4.69) is 34.8 Å². The van der Waals surface area contributed by atoms with Crippen LogP contribution in [-0.4, -0.2) is 94.4 Å². The highest BCUT2D eigenvalue weighted by Crippen LogP contribution is 2.32. The molecule has 1 unspecified atom stereocenters. The van der Waals surface area contributed by atoms with E-state index in [1.807, 2.05) is 37.2 Å². The van der Waals surface area contributed by atoms with Gasteiger partial charge in [0.2, 0.25) is 5.91 Å². The predicted molar refractivity (Wildman–Crippen MR) is 155 cm³/mol. The smallest absolute Gasteiger partial charge is 0.227 e. The van der Waals surface area contributed by atoms with Crippen molar-refractivity contribution in [2.75, 3.05) is 58.3 Å². The second kappa shape index (κ2) is 12.2. The lowest BCUT2D eigenvalue weighted by molar-refractivity contribution is -0.136. The third-order valence-corrected chi connectivity index (χ3v) is 6.96. The Balaban J connectivity index is 1.49. The van der Waals surface area contributed by atoms with Crippen LogP contribution in [0, 0.1) is 23.2 Å². The topological polar surface area (TPSA) is 110 Å².